The van der Waals surface area contributed by atoms with E-state index in [9.17, 15) is 13.2 Å². The number of hydrogen-bond donors (Lipinski definition) is 0. The Morgan fingerprint density at radius 2 is 1.93 bits per heavy atom. The average Bonchev–Trinajstić information content (AvgIpc) is 3.23. The first-order valence-electron chi connectivity index (χ1n) is 8.93. The van der Waals surface area contributed by atoms with Crippen LogP contribution < -0.4 is 0 Å². The molecule has 3 aromatic rings. The van der Waals surface area contributed by atoms with E-state index in [0.717, 1.165) is 35.2 Å². The zero-order valence-corrected chi connectivity index (χ0v) is 15.6. The molecule has 2 atom stereocenters. The topological polar surface area (TPSA) is 69.0 Å². The van der Waals surface area contributed by atoms with E-state index in [1.165, 1.54) is 6.26 Å². The number of carbonyl (C=O) groups is 1. The number of benzene rings is 2. The van der Waals surface area contributed by atoms with Crippen molar-refractivity contribution in [3.8, 4) is 11.3 Å². The van der Waals surface area contributed by atoms with E-state index in [-0.39, 0.29) is 22.6 Å². The molecular weight excluding hydrogens is 360 g/mol. The highest BCUT2D eigenvalue weighted by Crippen LogP contribution is 2.46. The first-order chi connectivity index (χ1) is 12.9. The predicted octanol–water partition coefficient (Wildman–Crippen LogP) is 3.30. The van der Waals surface area contributed by atoms with Gasteiger partial charge in [-0.1, -0.05) is 30.3 Å². The zero-order valence-electron chi connectivity index (χ0n) is 14.8. The van der Waals surface area contributed by atoms with Crippen molar-refractivity contribution in [2.45, 2.75) is 23.8 Å². The molecule has 0 saturated carbocycles. The van der Waals surface area contributed by atoms with Crippen molar-refractivity contribution in [3.05, 3.63) is 71.7 Å². The summed E-state index contributed by atoms with van der Waals surface area (Å²) < 4.78 is 25.9. The van der Waals surface area contributed by atoms with Gasteiger partial charge in [-0.15, -0.1) is 0 Å². The summed E-state index contributed by atoms with van der Waals surface area (Å²) in [6, 6.07) is 13.0. The van der Waals surface area contributed by atoms with Crippen LogP contribution in [0.1, 0.15) is 33.9 Å². The Labute approximate surface area is 157 Å². The Bertz CT molecular complexity index is 1190. The summed E-state index contributed by atoms with van der Waals surface area (Å²) in [7, 11) is -3.35. The fourth-order valence-corrected chi connectivity index (χ4v) is 5.11. The van der Waals surface area contributed by atoms with Crippen molar-refractivity contribution < 1.29 is 13.2 Å². The Morgan fingerprint density at radius 1 is 1.11 bits per heavy atom. The molecule has 0 spiro atoms. The van der Waals surface area contributed by atoms with E-state index in [1.807, 2.05) is 18.3 Å². The van der Waals surface area contributed by atoms with Crippen molar-refractivity contribution in [2.75, 3.05) is 6.26 Å². The molecule has 1 aliphatic heterocycles. The molecule has 5 nitrogen and oxygen atoms in total. The normalized spacial score (nSPS) is 20.9. The van der Waals surface area contributed by atoms with Gasteiger partial charge in [0.2, 0.25) is 0 Å². The minimum atomic E-state index is -3.35. The van der Waals surface area contributed by atoms with Gasteiger partial charge in [0, 0.05) is 23.3 Å². The highest BCUT2D eigenvalue weighted by molar-refractivity contribution is 7.90. The molecule has 5 rings (SSSR count). The largest absolute Gasteiger partial charge is 0.322 e. The molecule has 0 amide bonds. The van der Waals surface area contributed by atoms with E-state index in [4.69, 9.17) is 0 Å². The van der Waals surface area contributed by atoms with Crippen LogP contribution in [-0.4, -0.2) is 30.0 Å². The molecule has 1 aliphatic carbocycles. The Balaban J connectivity index is 1.62. The number of carbonyl (C=O) groups excluding carboxylic acids is 1. The Morgan fingerprint density at radius 3 is 2.74 bits per heavy atom. The van der Waals surface area contributed by atoms with Crippen LogP contribution in [0.15, 0.2) is 59.9 Å². The van der Waals surface area contributed by atoms with Crippen molar-refractivity contribution in [2.24, 2.45) is 5.92 Å². The van der Waals surface area contributed by atoms with Crippen LogP contribution >= 0.6 is 0 Å². The highest BCUT2D eigenvalue weighted by atomic mass is 32.2. The van der Waals surface area contributed by atoms with Gasteiger partial charge in [-0.3, -0.25) is 4.79 Å². The standard InChI is InChI=1S/C21H18N2O3S/c1-27(25,26)14-8-6-13-7-9-17(21(24)18(13)10-14)20-16-5-3-2-4-15(16)19-11-22-12-23(19)20/h2-6,8,10-12,17,20H,7,9H2,1H3/t17-,20+/m0/s1. The van der Waals surface area contributed by atoms with E-state index in [1.54, 1.807) is 24.5 Å². The first-order valence-corrected chi connectivity index (χ1v) is 10.8. The number of aryl methyl sites for hydroxylation is 1. The molecule has 0 unspecified atom stereocenters. The van der Waals surface area contributed by atoms with Gasteiger partial charge in [-0.05, 0) is 36.1 Å². The van der Waals surface area contributed by atoms with Crippen LogP contribution in [0.25, 0.3) is 11.3 Å². The molecule has 6 heteroatoms. The number of sulfone groups is 1. The van der Waals surface area contributed by atoms with Gasteiger partial charge in [0.15, 0.2) is 15.6 Å². The average molecular weight is 378 g/mol. The second-order valence-electron chi connectivity index (χ2n) is 7.32. The van der Waals surface area contributed by atoms with Crippen molar-refractivity contribution in [1.82, 2.24) is 9.55 Å². The van der Waals surface area contributed by atoms with Crippen LogP contribution in [-0.2, 0) is 16.3 Å². The Hall–Kier alpha value is -2.73. The van der Waals surface area contributed by atoms with Gasteiger partial charge < -0.3 is 4.57 Å². The molecule has 0 saturated heterocycles. The third-order valence-corrected chi connectivity index (χ3v) is 6.85. The Kier molecular flexibility index (Phi) is 3.43. The summed E-state index contributed by atoms with van der Waals surface area (Å²) in [5, 5.41) is 0. The van der Waals surface area contributed by atoms with Crippen LogP contribution in [0.5, 0.6) is 0 Å². The molecule has 1 aromatic heterocycles. The molecule has 136 valence electrons. The monoisotopic (exact) mass is 378 g/mol. The SMILES string of the molecule is CS(=O)(=O)c1ccc2c(c1)C(=O)[C@H]([C@H]1c3ccccc3-c3cncn31)CC2. The van der Waals surface area contributed by atoms with E-state index >= 15 is 0 Å². The number of Topliss-reactive ketones (excluding diaryl/α,β-unsaturated/α-hetero) is 1. The maximum atomic E-state index is 13.4. The molecule has 2 aliphatic rings. The fourth-order valence-electron chi connectivity index (χ4n) is 4.46. The number of rotatable bonds is 2. The molecule has 27 heavy (non-hydrogen) atoms. The molecule has 0 N–H and O–H groups in total. The second kappa shape index (κ2) is 5.63. The van der Waals surface area contributed by atoms with Gasteiger partial charge in [-0.2, -0.15) is 0 Å². The van der Waals surface area contributed by atoms with Crippen molar-refractivity contribution in [1.29, 1.82) is 0 Å². The number of fused-ring (bicyclic) bond motifs is 4. The maximum Gasteiger partial charge on any atom is 0.175 e. The highest BCUT2D eigenvalue weighted by Gasteiger charge is 2.40. The smallest absolute Gasteiger partial charge is 0.175 e. The van der Waals surface area contributed by atoms with E-state index < -0.39 is 9.84 Å². The first kappa shape index (κ1) is 16.4. The predicted molar refractivity (Wildman–Crippen MR) is 101 cm³/mol. The summed E-state index contributed by atoms with van der Waals surface area (Å²) in [6.45, 7) is 0. The summed E-state index contributed by atoms with van der Waals surface area (Å²) in [5.41, 5.74) is 4.75. The summed E-state index contributed by atoms with van der Waals surface area (Å²) in [5.74, 6) is -0.216. The lowest BCUT2D eigenvalue weighted by molar-refractivity contribution is 0.0871. The molecule has 0 radical (unpaired) electrons. The van der Waals surface area contributed by atoms with Gasteiger partial charge in [0.25, 0.3) is 0 Å². The van der Waals surface area contributed by atoms with Gasteiger partial charge in [0.1, 0.15) is 0 Å². The summed E-state index contributed by atoms with van der Waals surface area (Å²) >= 11 is 0. The molecule has 2 aromatic carbocycles. The third-order valence-electron chi connectivity index (χ3n) is 5.74. The lowest BCUT2D eigenvalue weighted by Gasteiger charge is -2.30. The molecular formula is C21H18N2O3S. The molecule has 2 heterocycles. The van der Waals surface area contributed by atoms with Crippen LogP contribution in [0.2, 0.25) is 0 Å². The number of imidazole rings is 1. The van der Waals surface area contributed by atoms with Gasteiger partial charge in [0.05, 0.1) is 29.2 Å². The second-order valence-corrected chi connectivity index (χ2v) is 9.33. The number of ketones is 1. The minimum Gasteiger partial charge on any atom is -0.322 e. The van der Waals surface area contributed by atoms with Crippen LogP contribution in [0.3, 0.4) is 0 Å². The fraction of sp³-hybridized carbons (Fsp3) is 0.238. The number of nitrogens with zero attached hydrogens (tertiary/aromatic N) is 2. The molecule has 0 bridgehead atoms. The lowest BCUT2D eigenvalue weighted by atomic mass is 9.77. The molecule has 0 fully saturated rings. The maximum absolute atomic E-state index is 13.4. The van der Waals surface area contributed by atoms with Crippen molar-refractivity contribution in [3.63, 3.8) is 0 Å². The van der Waals surface area contributed by atoms with Crippen LogP contribution in [0.4, 0.5) is 0 Å². The summed E-state index contributed by atoms with van der Waals surface area (Å²) in [6.07, 6.45) is 6.29. The van der Waals surface area contributed by atoms with E-state index in [0.29, 0.717) is 5.56 Å². The summed E-state index contributed by atoms with van der Waals surface area (Å²) in [4.78, 5) is 17.9. The number of hydrogen-bond acceptors (Lipinski definition) is 4. The third kappa shape index (κ3) is 2.40. The van der Waals surface area contributed by atoms with E-state index in [2.05, 4.69) is 21.7 Å². The zero-order chi connectivity index (χ0) is 18.8. The van der Waals surface area contributed by atoms with Crippen molar-refractivity contribution >= 4 is 15.6 Å². The number of aromatic nitrogens is 2. The van der Waals surface area contributed by atoms with Gasteiger partial charge in [-0.25, -0.2) is 13.4 Å². The quantitative estimate of drug-likeness (QED) is 0.686. The lowest BCUT2D eigenvalue weighted by Crippen LogP contribution is -2.30. The van der Waals surface area contributed by atoms with Crippen LogP contribution in [0, 0.1) is 5.92 Å². The minimum absolute atomic E-state index is 0.0168. The van der Waals surface area contributed by atoms with Gasteiger partial charge >= 0.3 is 0 Å².